The van der Waals surface area contributed by atoms with E-state index in [9.17, 15) is 4.79 Å². The number of hydrogen-bond acceptors (Lipinski definition) is 2. The van der Waals surface area contributed by atoms with Crippen molar-refractivity contribution in [3.63, 3.8) is 0 Å². The Hall–Kier alpha value is -1.35. The first-order valence-electron chi connectivity index (χ1n) is 6.98. The predicted molar refractivity (Wildman–Crippen MR) is 74.3 cm³/mol. The first-order chi connectivity index (χ1) is 8.95. The predicted octanol–water partition coefficient (Wildman–Crippen LogP) is 2.60. The van der Waals surface area contributed by atoms with Crippen molar-refractivity contribution in [2.24, 2.45) is 0 Å². The molecule has 2 aliphatic heterocycles. The van der Waals surface area contributed by atoms with Crippen molar-refractivity contribution in [1.82, 2.24) is 4.90 Å². The number of likely N-dealkylation sites (tertiary alicyclic amines) is 1. The van der Waals surface area contributed by atoms with E-state index in [1.807, 2.05) is 17.0 Å². The topological polar surface area (TPSA) is 29.5 Å². The lowest BCUT2D eigenvalue weighted by Gasteiger charge is -2.27. The summed E-state index contributed by atoms with van der Waals surface area (Å²) in [4.78, 5) is 14.4. The SMILES string of the molecule is CC(C)(C)c1ccc(C(=O)N2C[C@H]3C[C@H]2CO3)cc1. The van der Waals surface area contributed by atoms with Gasteiger partial charge in [0.05, 0.1) is 18.8 Å². The number of amides is 1. The summed E-state index contributed by atoms with van der Waals surface area (Å²) in [5.41, 5.74) is 2.18. The monoisotopic (exact) mass is 259 g/mol. The summed E-state index contributed by atoms with van der Waals surface area (Å²) < 4.78 is 5.54. The second kappa shape index (κ2) is 4.34. The summed E-state index contributed by atoms with van der Waals surface area (Å²) in [6, 6.07) is 8.33. The van der Waals surface area contributed by atoms with E-state index in [2.05, 4.69) is 32.9 Å². The largest absolute Gasteiger partial charge is 0.374 e. The van der Waals surface area contributed by atoms with Gasteiger partial charge in [0.2, 0.25) is 0 Å². The van der Waals surface area contributed by atoms with Gasteiger partial charge < -0.3 is 9.64 Å². The minimum absolute atomic E-state index is 0.127. The van der Waals surface area contributed by atoms with E-state index >= 15 is 0 Å². The summed E-state index contributed by atoms with van der Waals surface area (Å²) in [5, 5.41) is 0. The zero-order chi connectivity index (χ0) is 13.6. The van der Waals surface area contributed by atoms with Gasteiger partial charge in [-0.25, -0.2) is 0 Å². The van der Waals surface area contributed by atoms with Crippen molar-refractivity contribution in [2.45, 2.75) is 44.8 Å². The Morgan fingerprint density at radius 1 is 1.26 bits per heavy atom. The number of benzene rings is 1. The minimum atomic E-state index is 0.127. The Balaban J connectivity index is 1.77. The third-order valence-electron chi connectivity index (χ3n) is 4.16. The van der Waals surface area contributed by atoms with Crippen LogP contribution in [0, 0.1) is 0 Å². The molecule has 0 spiro atoms. The van der Waals surface area contributed by atoms with Crippen LogP contribution in [0.5, 0.6) is 0 Å². The molecule has 0 saturated carbocycles. The van der Waals surface area contributed by atoms with Gasteiger partial charge in [0.1, 0.15) is 0 Å². The van der Waals surface area contributed by atoms with Crippen molar-refractivity contribution < 1.29 is 9.53 Å². The number of rotatable bonds is 1. The maximum atomic E-state index is 12.5. The molecule has 19 heavy (non-hydrogen) atoms. The molecular formula is C16H21NO2. The third kappa shape index (κ3) is 2.27. The average molecular weight is 259 g/mol. The van der Waals surface area contributed by atoms with Crippen LogP contribution < -0.4 is 0 Å². The molecule has 0 unspecified atom stereocenters. The van der Waals surface area contributed by atoms with Crippen LogP contribution in [-0.4, -0.2) is 36.1 Å². The molecule has 2 aliphatic rings. The van der Waals surface area contributed by atoms with Crippen LogP contribution in [0.2, 0.25) is 0 Å². The zero-order valence-electron chi connectivity index (χ0n) is 11.8. The summed E-state index contributed by atoms with van der Waals surface area (Å²) in [6.07, 6.45) is 1.27. The first kappa shape index (κ1) is 12.7. The molecule has 2 fully saturated rings. The second-order valence-electron chi connectivity index (χ2n) is 6.63. The van der Waals surface area contributed by atoms with E-state index in [-0.39, 0.29) is 17.4 Å². The van der Waals surface area contributed by atoms with Crippen molar-refractivity contribution in [3.05, 3.63) is 35.4 Å². The van der Waals surface area contributed by atoms with Crippen LogP contribution in [0.4, 0.5) is 0 Å². The highest BCUT2D eigenvalue weighted by atomic mass is 16.5. The van der Waals surface area contributed by atoms with Crippen LogP contribution in [0.1, 0.15) is 43.1 Å². The standard InChI is InChI=1S/C16H21NO2/c1-16(2,3)12-6-4-11(5-7-12)15(18)17-9-14-8-13(17)10-19-14/h4-7,13-14H,8-10H2,1-3H3/t13-,14+/m0/s1. The fourth-order valence-corrected chi connectivity index (χ4v) is 2.93. The van der Waals surface area contributed by atoms with Gasteiger partial charge in [-0.3, -0.25) is 4.79 Å². The van der Waals surface area contributed by atoms with E-state index in [1.54, 1.807) is 0 Å². The molecule has 0 N–H and O–H groups in total. The minimum Gasteiger partial charge on any atom is -0.374 e. The van der Waals surface area contributed by atoms with Gasteiger partial charge in [-0.05, 0) is 29.5 Å². The smallest absolute Gasteiger partial charge is 0.254 e. The molecule has 0 aromatic heterocycles. The molecule has 102 valence electrons. The lowest BCUT2D eigenvalue weighted by molar-refractivity contribution is 0.0259. The Labute approximate surface area is 114 Å². The molecule has 0 aliphatic carbocycles. The molecule has 3 rings (SSSR count). The number of nitrogens with zero attached hydrogens (tertiary/aromatic N) is 1. The number of carbonyl (C=O) groups is 1. The molecule has 2 bridgehead atoms. The van der Waals surface area contributed by atoms with Gasteiger partial charge >= 0.3 is 0 Å². The average Bonchev–Trinajstić information content (AvgIpc) is 2.99. The summed E-state index contributed by atoms with van der Waals surface area (Å²) in [5.74, 6) is 0.149. The number of fused-ring (bicyclic) bond motifs is 2. The molecule has 1 amide bonds. The number of ether oxygens (including phenoxy) is 1. The molecule has 2 atom stereocenters. The molecule has 2 heterocycles. The number of morpholine rings is 1. The van der Waals surface area contributed by atoms with Gasteiger partial charge in [-0.2, -0.15) is 0 Å². The number of carbonyl (C=O) groups excluding carboxylic acids is 1. The normalized spacial score (nSPS) is 25.9. The summed E-state index contributed by atoms with van der Waals surface area (Å²) in [7, 11) is 0. The fourth-order valence-electron chi connectivity index (χ4n) is 2.93. The second-order valence-corrected chi connectivity index (χ2v) is 6.63. The molecule has 1 aromatic carbocycles. The first-order valence-corrected chi connectivity index (χ1v) is 6.98. The van der Waals surface area contributed by atoms with E-state index in [0.717, 1.165) is 18.5 Å². The molecule has 1 aromatic rings. The lowest BCUT2D eigenvalue weighted by atomic mass is 9.86. The molecular weight excluding hydrogens is 238 g/mol. The van der Waals surface area contributed by atoms with Crippen molar-refractivity contribution in [2.75, 3.05) is 13.2 Å². The van der Waals surface area contributed by atoms with E-state index < -0.39 is 0 Å². The van der Waals surface area contributed by atoms with Gasteiger partial charge in [0.15, 0.2) is 0 Å². The highest BCUT2D eigenvalue weighted by molar-refractivity contribution is 5.94. The molecule has 0 radical (unpaired) electrons. The lowest BCUT2D eigenvalue weighted by Crippen LogP contribution is -2.41. The van der Waals surface area contributed by atoms with Crippen molar-refractivity contribution in [1.29, 1.82) is 0 Å². The van der Waals surface area contributed by atoms with E-state index in [4.69, 9.17) is 4.74 Å². The summed E-state index contributed by atoms with van der Waals surface area (Å²) in [6.45, 7) is 8.00. The zero-order valence-corrected chi connectivity index (χ0v) is 11.8. The fraction of sp³-hybridized carbons (Fsp3) is 0.562. The third-order valence-corrected chi connectivity index (χ3v) is 4.16. The van der Waals surface area contributed by atoms with Crippen LogP contribution >= 0.6 is 0 Å². The van der Waals surface area contributed by atoms with E-state index in [0.29, 0.717) is 12.6 Å². The highest BCUT2D eigenvalue weighted by Crippen LogP contribution is 2.29. The molecule has 3 nitrogen and oxygen atoms in total. The maximum Gasteiger partial charge on any atom is 0.254 e. The number of hydrogen-bond donors (Lipinski definition) is 0. The Morgan fingerprint density at radius 2 is 1.95 bits per heavy atom. The van der Waals surface area contributed by atoms with Crippen LogP contribution in [0.25, 0.3) is 0 Å². The van der Waals surface area contributed by atoms with Gasteiger partial charge in [-0.1, -0.05) is 32.9 Å². The molecule has 3 heteroatoms. The van der Waals surface area contributed by atoms with E-state index in [1.165, 1.54) is 5.56 Å². The highest BCUT2D eigenvalue weighted by Gasteiger charge is 2.41. The van der Waals surface area contributed by atoms with Crippen LogP contribution in [0.3, 0.4) is 0 Å². The van der Waals surface area contributed by atoms with Gasteiger partial charge in [0.25, 0.3) is 5.91 Å². The van der Waals surface area contributed by atoms with Gasteiger partial charge in [0, 0.05) is 12.1 Å². The van der Waals surface area contributed by atoms with Crippen molar-refractivity contribution in [3.8, 4) is 0 Å². The van der Waals surface area contributed by atoms with Crippen molar-refractivity contribution >= 4 is 5.91 Å². The Morgan fingerprint density at radius 3 is 2.42 bits per heavy atom. The van der Waals surface area contributed by atoms with Gasteiger partial charge in [-0.15, -0.1) is 0 Å². The maximum absolute atomic E-state index is 12.5. The van der Waals surface area contributed by atoms with Crippen LogP contribution in [0.15, 0.2) is 24.3 Å². The molecule has 2 saturated heterocycles. The quantitative estimate of drug-likeness (QED) is 0.776. The van der Waals surface area contributed by atoms with Crippen LogP contribution in [-0.2, 0) is 10.2 Å². The Kier molecular flexibility index (Phi) is 2.90. The summed E-state index contributed by atoms with van der Waals surface area (Å²) >= 11 is 0. The Bertz CT molecular complexity index is 486.